The highest BCUT2D eigenvalue weighted by atomic mass is 35.5. The van der Waals surface area contributed by atoms with Crippen molar-refractivity contribution in [2.75, 3.05) is 5.32 Å². The molecule has 0 fully saturated rings. The molecule has 31 heavy (non-hydrogen) atoms. The van der Waals surface area contributed by atoms with Gasteiger partial charge in [-0.15, -0.1) is 10.2 Å². The number of halogens is 1. The van der Waals surface area contributed by atoms with E-state index in [1.807, 2.05) is 32.0 Å². The van der Waals surface area contributed by atoms with E-state index in [9.17, 15) is 9.59 Å². The van der Waals surface area contributed by atoms with Gasteiger partial charge in [0.25, 0.3) is 0 Å². The van der Waals surface area contributed by atoms with E-state index in [-0.39, 0.29) is 17.1 Å². The predicted octanol–water partition coefficient (Wildman–Crippen LogP) is 4.11. The van der Waals surface area contributed by atoms with Crippen LogP contribution in [-0.4, -0.2) is 25.1 Å². The molecule has 7 nitrogen and oxygen atoms in total. The van der Waals surface area contributed by atoms with Gasteiger partial charge in [0.05, 0.1) is 0 Å². The number of nitrogens with one attached hydrogen (secondary N) is 1. The third-order valence-electron chi connectivity index (χ3n) is 5.24. The first-order chi connectivity index (χ1) is 14.9. The molecular formula is C23H22ClN5O2. The Morgan fingerprint density at radius 2 is 1.81 bits per heavy atom. The second-order valence-electron chi connectivity index (χ2n) is 7.46. The molecule has 1 N–H and O–H groups in total. The maximum Gasteiger partial charge on any atom is 0.300 e. The zero-order chi connectivity index (χ0) is 22.0. The van der Waals surface area contributed by atoms with Gasteiger partial charge in [-0.05, 0) is 67.8 Å². The summed E-state index contributed by atoms with van der Waals surface area (Å²) in [7, 11) is 0. The topological polar surface area (TPSA) is 81.3 Å². The molecular weight excluding hydrogens is 414 g/mol. The van der Waals surface area contributed by atoms with Crippen LogP contribution < -0.4 is 10.9 Å². The highest BCUT2D eigenvalue weighted by molar-refractivity contribution is 6.30. The molecule has 2 heterocycles. The minimum Gasteiger partial charge on any atom is -0.326 e. The highest BCUT2D eigenvalue weighted by Gasteiger charge is 2.12. The molecule has 0 bridgehead atoms. The smallest absolute Gasteiger partial charge is 0.300 e. The van der Waals surface area contributed by atoms with Gasteiger partial charge in [-0.1, -0.05) is 17.7 Å². The van der Waals surface area contributed by atoms with E-state index in [1.54, 1.807) is 41.1 Å². The molecule has 0 saturated carbocycles. The minimum absolute atomic E-state index is 0.0535. The van der Waals surface area contributed by atoms with Gasteiger partial charge in [0, 0.05) is 41.6 Å². The van der Waals surface area contributed by atoms with Gasteiger partial charge in [0.15, 0.2) is 0 Å². The number of anilines is 1. The molecule has 0 aliphatic carbocycles. The molecule has 0 atom stereocenters. The van der Waals surface area contributed by atoms with Gasteiger partial charge in [-0.3, -0.25) is 18.6 Å². The first-order valence-electron chi connectivity index (χ1n) is 10.0. The molecule has 2 aromatic heterocycles. The largest absolute Gasteiger partial charge is 0.326 e. The van der Waals surface area contributed by atoms with Crippen LogP contribution in [0.3, 0.4) is 0 Å². The fraction of sp³-hybridized carbons (Fsp3) is 0.217. The van der Waals surface area contributed by atoms with Crippen LogP contribution in [0, 0.1) is 13.8 Å². The van der Waals surface area contributed by atoms with Crippen LogP contribution in [0.15, 0.2) is 59.7 Å². The van der Waals surface area contributed by atoms with E-state index in [0.717, 1.165) is 11.3 Å². The van der Waals surface area contributed by atoms with Crippen molar-refractivity contribution < 1.29 is 4.79 Å². The quantitative estimate of drug-likeness (QED) is 0.494. The van der Waals surface area contributed by atoms with Crippen LogP contribution in [0.25, 0.3) is 11.3 Å². The van der Waals surface area contributed by atoms with E-state index in [1.165, 1.54) is 10.1 Å². The highest BCUT2D eigenvalue weighted by Crippen LogP contribution is 2.15. The van der Waals surface area contributed by atoms with Crippen LogP contribution in [0.5, 0.6) is 0 Å². The number of fused-ring (bicyclic) bond motifs is 1. The van der Waals surface area contributed by atoms with Crippen molar-refractivity contribution in [1.82, 2.24) is 19.2 Å². The Morgan fingerprint density at radius 1 is 1.03 bits per heavy atom. The SMILES string of the molecule is Cc1ccc(NC(=O)CCCc2nnc3c(=O)n(-c4ccc(Cl)cc4)ccn23)cc1C. The molecule has 2 aromatic carbocycles. The van der Waals surface area contributed by atoms with E-state index in [2.05, 4.69) is 15.5 Å². The van der Waals surface area contributed by atoms with Crippen molar-refractivity contribution in [3.05, 3.63) is 87.2 Å². The van der Waals surface area contributed by atoms with Crippen molar-refractivity contribution in [2.24, 2.45) is 0 Å². The summed E-state index contributed by atoms with van der Waals surface area (Å²) >= 11 is 5.92. The Bertz CT molecular complexity index is 1310. The molecule has 1 amide bonds. The third-order valence-corrected chi connectivity index (χ3v) is 5.49. The van der Waals surface area contributed by atoms with Crippen LogP contribution in [0.1, 0.15) is 29.8 Å². The Kier molecular flexibility index (Phi) is 5.86. The lowest BCUT2D eigenvalue weighted by Crippen LogP contribution is -2.20. The lowest BCUT2D eigenvalue weighted by atomic mass is 10.1. The lowest BCUT2D eigenvalue weighted by Gasteiger charge is -2.08. The van der Waals surface area contributed by atoms with Crippen LogP contribution in [0.4, 0.5) is 5.69 Å². The van der Waals surface area contributed by atoms with Gasteiger partial charge < -0.3 is 5.32 Å². The molecule has 0 saturated heterocycles. The van der Waals surface area contributed by atoms with E-state index in [0.29, 0.717) is 35.8 Å². The predicted molar refractivity (Wildman–Crippen MR) is 121 cm³/mol. The first kappa shape index (κ1) is 20.8. The maximum absolute atomic E-state index is 12.8. The van der Waals surface area contributed by atoms with E-state index < -0.39 is 0 Å². The summed E-state index contributed by atoms with van der Waals surface area (Å²) in [5.41, 5.74) is 3.79. The van der Waals surface area contributed by atoms with Crippen LogP contribution in [0.2, 0.25) is 5.02 Å². The van der Waals surface area contributed by atoms with E-state index >= 15 is 0 Å². The van der Waals surface area contributed by atoms with Crippen molar-refractivity contribution >= 4 is 28.8 Å². The average molecular weight is 436 g/mol. The number of aromatic nitrogens is 4. The third kappa shape index (κ3) is 4.51. The zero-order valence-corrected chi connectivity index (χ0v) is 18.1. The van der Waals surface area contributed by atoms with Crippen LogP contribution >= 0.6 is 11.6 Å². The summed E-state index contributed by atoms with van der Waals surface area (Å²) in [6, 6.07) is 12.8. The number of carbonyl (C=O) groups is 1. The summed E-state index contributed by atoms with van der Waals surface area (Å²) < 4.78 is 3.18. The molecule has 158 valence electrons. The molecule has 0 aliphatic heterocycles. The normalized spacial score (nSPS) is 11.1. The zero-order valence-electron chi connectivity index (χ0n) is 17.3. The minimum atomic E-state index is -0.268. The fourth-order valence-electron chi connectivity index (χ4n) is 3.36. The summed E-state index contributed by atoms with van der Waals surface area (Å²) in [6.45, 7) is 4.05. The molecule has 4 aromatic rings. The number of hydrogen-bond donors (Lipinski definition) is 1. The van der Waals surface area contributed by atoms with Crippen molar-refractivity contribution in [3.8, 4) is 5.69 Å². The Labute approximate surface area is 184 Å². The number of aryl methyl sites for hydroxylation is 3. The van der Waals surface area contributed by atoms with Crippen molar-refractivity contribution in [3.63, 3.8) is 0 Å². The number of nitrogens with zero attached hydrogens (tertiary/aromatic N) is 4. The second kappa shape index (κ2) is 8.73. The van der Waals surface area contributed by atoms with Crippen molar-refractivity contribution in [1.29, 1.82) is 0 Å². The van der Waals surface area contributed by atoms with Gasteiger partial charge >= 0.3 is 5.56 Å². The van der Waals surface area contributed by atoms with Crippen molar-refractivity contribution in [2.45, 2.75) is 33.1 Å². The maximum atomic E-state index is 12.8. The number of amides is 1. The van der Waals surface area contributed by atoms with Gasteiger partial charge in [0.1, 0.15) is 5.82 Å². The van der Waals surface area contributed by atoms with E-state index in [4.69, 9.17) is 11.6 Å². The van der Waals surface area contributed by atoms with Gasteiger partial charge in [0.2, 0.25) is 11.6 Å². The summed E-state index contributed by atoms with van der Waals surface area (Å²) in [5, 5.41) is 11.7. The Hall–Kier alpha value is -3.45. The molecule has 8 heteroatoms. The molecule has 0 radical (unpaired) electrons. The fourth-order valence-corrected chi connectivity index (χ4v) is 3.49. The molecule has 0 aliphatic rings. The standard InChI is InChI=1S/C23H22ClN5O2/c1-15-6-9-18(14-16(15)2)25-21(30)5-3-4-20-26-27-22-23(31)28(12-13-29(20)22)19-10-7-17(24)8-11-19/h6-14H,3-5H2,1-2H3,(H,25,30). The number of benzene rings is 2. The average Bonchev–Trinajstić information content (AvgIpc) is 3.16. The van der Waals surface area contributed by atoms with Crippen LogP contribution in [-0.2, 0) is 11.2 Å². The summed E-state index contributed by atoms with van der Waals surface area (Å²) in [5.74, 6) is 0.594. The number of hydrogen-bond acceptors (Lipinski definition) is 4. The molecule has 0 unspecified atom stereocenters. The monoisotopic (exact) mass is 435 g/mol. The Morgan fingerprint density at radius 3 is 2.55 bits per heavy atom. The van der Waals surface area contributed by atoms with Gasteiger partial charge in [-0.2, -0.15) is 0 Å². The lowest BCUT2D eigenvalue weighted by molar-refractivity contribution is -0.116. The molecule has 4 rings (SSSR count). The summed E-state index contributed by atoms with van der Waals surface area (Å²) in [4.78, 5) is 25.1. The molecule has 0 spiro atoms. The number of carbonyl (C=O) groups excluding carboxylic acids is 1. The second-order valence-corrected chi connectivity index (χ2v) is 7.90. The first-order valence-corrected chi connectivity index (χ1v) is 10.4. The number of rotatable bonds is 6. The Balaban J connectivity index is 1.42. The van der Waals surface area contributed by atoms with Gasteiger partial charge in [-0.25, -0.2) is 0 Å². The summed E-state index contributed by atoms with van der Waals surface area (Å²) in [6.07, 6.45) is 4.92.